The smallest absolute Gasteiger partial charge is 0.475 e. The summed E-state index contributed by atoms with van der Waals surface area (Å²) in [5, 5.41) is 14.2. The van der Waals surface area contributed by atoms with Crippen LogP contribution in [0.1, 0.15) is 24.8 Å². The number of aromatic nitrogens is 1. The first kappa shape index (κ1) is 28.0. The number of hydrogen-bond donors (Lipinski definition) is 2. The molecule has 2 saturated heterocycles. The lowest BCUT2D eigenvalue weighted by Gasteiger charge is -2.35. The summed E-state index contributed by atoms with van der Waals surface area (Å²) in [5.41, 5.74) is 0.386. The van der Waals surface area contributed by atoms with Crippen LogP contribution in [0.25, 0.3) is 0 Å². The molecule has 2 fully saturated rings. The Bertz CT molecular complexity index is 949. The van der Waals surface area contributed by atoms with E-state index in [1.165, 1.54) is 4.31 Å². The van der Waals surface area contributed by atoms with E-state index in [-0.39, 0.29) is 16.8 Å². The van der Waals surface area contributed by atoms with Crippen LogP contribution in [-0.4, -0.2) is 109 Å². The summed E-state index contributed by atoms with van der Waals surface area (Å²) in [6.45, 7) is 10.0. The monoisotopic (exact) mass is 513 g/mol. The van der Waals surface area contributed by atoms with Gasteiger partial charge in [-0.2, -0.15) is 17.5 Å². The highest BCUT2D eigenvalue weighted by Gasteiger charge is 2.38. The molecule has 1 unspecified atom stereocenters. The number of alkyl halides is 3. The normalized spacial score (nSPS) is 20.9. The van der Waals surface area contributed by atoms with Gasteiger partial charge in [0.2, 0.25) is 15.9 Å². The molecule has 1 amide bonds. The van der Waals surface area contributed by atoms with Crippen molar-refractivity contribution in [3.05, 3.63) is 11.5 Å². The number of aliphatic carboxylic acids is 1. The predicted octanol–water partition coefficient (Wildman–Crippen LogP) is 0.441. The number of carboxylic acids is 1. The molecule has 34 heavy (non-hydrogen) atoms. The molecule has 2 N–H and O–H groups in total. The Labute approximate surface area is 195 Å². The van der Waals surface area contributed by atoms with Gasteiger partial charge in [-0.15, -0.1) is 0 Å². The number of carboxylic acid groups (broad SMARTS) is 1. The summed E-state index contributed by atoms with van der Waals surface area (Å²) >= 11 is 0. The van der Waals surface area contributed by atoms with E-state index in [0.717, 1.165) is 19.6 Å². The Morgan fingerprint density at radius 1 is 1.18 bits per heavy atom. The number of sulfonamides is 1. The third-order valence-corrected chi connectivity index (χ3v) is 7.68. The molecular weight excluding hydrogens is 483 g/mol. The summed E-state index contributed by atoms with van der Waals surface area (Å²) in [5.74, 6) is -2.32. The van der Waals surface area contributed by atoms with Crippen molar-refractivity contribution in [1.82, 2.24) is 24.6 Å². The van der Waals surface area contributed by atoms with Gasteiger partial charge in [0.25, 0.3) is 0 Å². The Kier molecular flexibility index (Phi) is 9.45. The quantitative estimate of drug-likeness (QED) is 0.588. The van der Waals surface area contributed by atoms with E-state index in [0.29, 0.717) is 50.6 Å². The average molecular weight is 514 g/mol. The summed E-state index contributed by atoms with van der Waals surface area (Å²) in [6, 6.07) is 0.189. The number of amides is 1. The molecule has 1 aromatic heterocycles. The fourth-order valence-corrected chi connectivity index (χ4v) is 5.57. The van der Waals surface area contributed by atoms with Gasteiger partial charge >= 0.3 is 12.1 Å². The first-order valence-corrected chi connectivity index (χ1v) is 12.1. The van der Waals surface area contributed by atoms with Crippen LogP contribution in [0.15, 0.2) is 9.42 Å². The number of carbonyl (C=O) groups excluding carboxylic acids is 1. The molecule has 2 aliphatic heterocycles. The molecule has 194 valence electrons. The number of carbonyl (C=O) groups is 2. The van der Waals surface area contributed by atoms with Crippen molar-refractivity contribution < 1.29 is 40.8 Å². The summed E-state index contributed by atoms with van der Waals surface area (Å²) in [7, 11) is -3.64. The molecule has 0 aliphatic carbocycles. The Morgan fingerprint density at radius 3 is 2.35 bits per heavy atom. The molecule has 1 atom stereocenters. The maximum Gasteiger partial charge on any atom is 0.490 e. The fourth-order valence-electron chi connectivity index (χ4n) is 3.81. The van der Waals surface area contributed by atoms with Crippen LogP contribution in [0.4, 0.5) is 13.2 Å². The van der Waals surface area contributed by atoms with Crippen molar-refractivity contribution >= 4 is 21.9 Å². The Hall–Kier alpha value is -2.23. The van der Waals surface area contributed by atoms with Gasteiger partial charge in [0.15, 0.2) is 5.76 Å². The first-order valence-electron chi connectivity index (χ1n) is 10.7. The molecule has 11 nitrogen and oxygen atoms in total. The van der Waals surface area contributed by atoms with Gasteiger partial charge < -0.3 is 19.8 Å². The maximum atomic E-state index is 13.0. The summed E-state index contributed by atoms with van der Waals surface area (Å²) in [6.07, 6.45) is -4.40. The maximum absolute atomic E-state index is 13.0. The highest BCUT2D eigenvalue weighted by atomic mass is 32.2. The molecule has 15 heteroatoms. The van der Waals surface area contributed by atoms with E-state index >= 15 is 0 Å². The molecule has 3 rings (SSSR count). The average Bonchev–Trinajstić information content (AvgIpc) is 2.93. The lowest BCUT2D eigenvalue weighted by Crippen LogP contribution is -2.54. The Morgan fingerprint density at radius 2 is 1.82 bits per heavy atom. The minimum Gasteiger partial charge on any atom is -0.475 e. The van der Waals surface area contributed by atoms with Gasteiger partial charge in [-0.1, -0.05) is 5.16 Å². The first-order chi connectivity index (χ1) is 15.7. The molecule has 1 aromatic rings. The van der Waals surface area contributed by atoms with Crippen molar-refractivity contribution in [3.8, 4) is 0 Å². The van der Waals surface area contributed by atoms with Gasteiger partial charge in [-0.05, 0) is 33.7 Å². The highest BCUT2D eigenvalue weighted by Crippen LogP contribution is 2.24. The van der Waals surface area contributed by atoms with Crippen LogP contribution in [0.5, 0.6) is 0 Å². The van der Waals surface area contributed by atoms with E-state index in [9.17, 15) is 26.4 Å². The number of aryl methyl sites for hydroxylation is 2. The van der Waals surface area contributed by atoms with Crippen LogP contribution in [0.3, 0.4) is 0 Å². The largest absolute Gasteiger partial charge is 0.490 e. The molecule has 0 bridgehead atoms. The standard InChI is InChI=1S/C17H29N5O4S.C2HF3O2/c1-13-11-18-5-8-22(13)16(23)12-20-6-4-7-21(10-9-20)27(24,25)17-14(2)19-26-15(17)3;3-2(4,5)1(6)7/h13,18H,4-12H2,1-3H3;(H,6,7). The van der Waals surface area contributed by atoms with Gasteiger partial charge in [-0.3, -0.25) is 9.69 Å². The SMILES string of the molecule is Cc1noc(C)c1S(=O)(=O)N1CCCN(CC(=O)N2CCNCC2C)CC1.O=C(O)C(F)(F)F. The molecule has 0 aromatic carbocycles. The number of halogens is 3. The van der Waals surface area contributed by atoms with Gasteiger partial charge in [0.05, 0.1) is 6.54 Å². The van der Waals surface area contributed by atoms with E-state index in [1.54, 1.807) is 13.8 Å². The second-order valence-electron chi connectivity index (χ2n) is 8.13. The zero-order chi connectivity index (χ0) is 25.7. The van der Waals surface area contributed by atoms with Crippen LogP contribution in [0.2, 0.25) is 0 Å². The number of nitrogens with zero attached hydrogens (tertiary/aromatic N) is 4. The van der Waals surface area contributed by atoms with Crippen LogP contribution >= 0.6 is 0 Å². The van der Waals surface area contributed by atoms with Gasteiger partial charge in [-0.25, -0.2) is 13.2 Å². The number of nitrogens with one attached hydrogen (secondary N) is 1. The van der Waals surface area contributed by atoms with E-state index in [1.807, 2.05) is 11.8 Å². The number of rotatable bonds is 4. The number of hydrogen-bond acceptors (Lipinski definition) is 8. The van der Waals surface area contributed by atoms with Crippen molar-refractivity contribution in [2.45, 2.75) is 44.3 Å². The second kappa shape index (κ2) is 11.5. The highest BCUT2D eigenvalue weighted by molar-refractivity contribution is 7.89. The third-order valence-electron chi connectivity index (χ3n) is 5.54. The number of piperazine rings is 1. The zero-order valence-corrected chi connectivity index (χ0v) is 20.1. The van der Waals surface area contributed by atoms with E-state index in [2.05, 4.69) is 15.4 Å². The minimum absolute atomic E-state index is 0.117. The molecule has 2 aliphatic rings. The van der Waals surface area contributed by atoms with E-state index in [4.69, 9.17) is 14.4 Å². The Balaban J connectivity index is 0.000000509. The lowest BCUT2D eigenvalue weighted by molar-refractivity contribution is -0.192. The topological polar surface area (TPSA) is 136 Å². The molecule has 0 radical (unpaired) electrons. The minimum atomic E-state index is -5.08. The fraction of sp³-hybridized carbons (Fsp3) is 0.737. The molecule has 3 heterocycles. The molecule has 0 saturated carbocycles. The van der Waals surface area contributed by atoms with Crippen molar-refractivity contribution in [2.24, 2.45) is 0 Å². The van der Waals surface area contributed by atoms with Crippen molar-refractivity contribution in [3.63, 3.8) is 0 Å². The summed E-state index contributed by atoms with van der Waals surface area (Å²) < 4.78 is 64.2. The van der Waals surface area contributed by atoms with Gasteiger partial charge in [0.1, 0.15) is 10.6 Å². The van der Waals surface area contributed by atoms with Crippen LogP contribution in [-0.2, 0) is 19.6 Å². The second-order valence-corrected chi connectivity index (χ2v) is 10.0. The van der Waals surface area contributed by atoms with Gasteiger partial charge in [0, 0.05) is 45.3 Å². The summed E-state index contributed by atoms with van der Waals surface area (Å²) in [4.78, 5) is 25.7. The van der Waals surface area contributed by atoms with Crippen LogP contribution in [0, 0.1) is 13.8 Å². The lowest BCUT2D eigenvalue weighted by atomic mass is 10.2. The molecular formula is C19H30F3N5O6S. The molecule has 0 spiro atoms. The van der Waals surface area contributed by atoms with Crippen LogP contribution < -0.4 is 5.32 Å². The van der Waals surface area contributed by atoms with E-state index < -0.39 is 22.2 Å². The predicted molar refractivity (Wildman–Crippen MR) is 114 cm³/mol. The zero-order valence-electron chi connectivity index (χ0n) is 19.3. The van der Waals surface area contributed by atoms with Crippen molar-refractivity contribution in [1.29, 1.82) is 0 Å². The third kappa shape index (κ3) is 7.13. The van der Waals surface area contributed by atoms with Crippen molar-refractivity contribution in [2.75, 3.05) is 52.4 Å².